The minimum Gasteiger partial charge on any atom is -0.463 e. The van der Waals surface area contributed by atoms with E-state index in [4.69, 9.17) is 76.8 Å². The van der Waals surface area contributed by atoms with Gasteiger partial charge in [0.2, 0.25) is 35.4 Å². The molecule has 3 saturated heterocycles. The summed E-state index contributed by atoms with van der Waals surface area (Å²) in [5, 5.41) is 16.9. The molecule has 4 aliphatic rings. The molecule has 6 amide bonds. The molecule has 4 rings (SSSR count). The fourth-order valence-electron chi connectivity index (χ4n) is 14.6. The van der Waals surface area contributed by atoms with Crippen molar-refractivity contribution < 1.29 is 129 Å². The van der Waals surface area contributed by atoms with E-state index >= 15 is 0 Å². The monoisotopic (exact) mass is 1630 g/mol. The molecule has 34 heteroatoms. The number of ether oxygens (including phenoxy) is 15. The number of Topliss-reactive ketones (excluding diaryl/α,β-unsaturated/α-hetero) is 2. The van der Waals surface area contributed by atoms with Crippen LogP contribution >= 0.6 is 0 Å². The number of esters is 4. The lowest BCUT2D eigenvalue weighted by atomic mass is 9.69. The molecule has 3 heterocycles. The lowest BCUT2D eigenvalue weighted by Gasteiger charge is -2.44. The van der Waals surface area contributed by atoms with Gasteiger partial charge in [-0.05, 0) is 80.0 Å². The zero-order valence-corrected chi connectivity index (χ0v) is 70.4. The Hall–Kier alpha value is -6.44. The van der Waals surface area contributed by atoms with Crippen LogP contribution in [0, 0.1) is 59.2 Å². The first-order chi connectivity index (χ1) is 54.1. The fourth-order valence-corrected chi connectivity index (χ4v) is 14.6. The number of amides is 6. The highest BCUT2D eigenvalue weighted by Crippen LogP contribution is 2.39. The van der Waals surface area contributed by atoms with Crippen molar-refractivity contribution in [3.63, 3.8) is 0 Å². The maximum Gasteiger partial charge on any atom is 0.303 e. The van der Waals surface area contributed by atoms with Crippen molar-refractivity contribution in [3.05, 3.63) is 0 Å². The van der Waals surface area contributed by atoms with E-state index in [-0.39, 0.29) is 253 Å². The molecular formula is C80H137N7O27. The van der Waals surface area contributed by atoms with E-state index < -0.39 is 115 Å². The van der Waals surface area contributed by atoms with Gasteiger partial charge in [-0.25, -0.2) is 0 Å². The van der Waals surface area contributed by atoms with E-state index in [0.717, 1.165) is 12.8 Å². The molecular weight excluding hydrogens is 1490 g/mol. The number of ketones is 2. The van der Waals surface area contributed by atoms with Crippen molar-refractivity contribution in [2.24, 2.45) is 64.9 Å². The first-order valence-corrected chi connectivity index (χ1v) is 40.9. The molecule has 0 aromatic rings. The number of hydrogen-bond donors (Lipinski definition) is 7. The Morgan fingerprint density at radius 3 is 1.43 bits per heavy atom. The van der Waals surface area contributed by atoms with Gasteiger partial charge in [-0.15, -0.1) is 0 Å². The van der Waals surface area contributed by atoms with Gasteiger partial charge in [0.15, 0.2) is 24.7 Å². The summed E-state index contributed by atoms with van der Waals surface area (Å²) in [5.74, 6) is -4.58. The summed E-state index contributed by atoms with van der Waals surface area (Å²) in [6, 6.07) is -4.38. The number of rotatable bonds is 54. The molecule has 34 nitrogen and oxygen atoms in total. The normalized spacial score (nSPS) is 28.3. The minimum absolute atomic E-state index is 0.00537. The Labute approximate surface area is 673 Å². The number of carbonyl (C=O) groups excluding carboxylic acids is 12. The van der Waals surface area contributed by atoms with Crippen molar-refractivity contribution in [1.29, 1.82) is 0 Å². The van der Waals surface area contributed by atoms with Gasteiger partial charge in [0, 0.05) is 118 Å². The third-order valence-electron chi connectivity index (χ3n) is 22.4. The second-order valence-electron chi connectivity index (χ2n) is 30.9. The van der Waals surface area contributed by atoms with Crippen molar-refractivity contribution in [1.82, 2.24) is 31.9 Å². The lowest BCUT2D eigenvalue weighted by Crippen LogP contribution is -2.58. The van der Waals surface area contributed by atoms with E-state index in [1.165, 1.54) is 41.5 Å². The van der Waals surface area contributed by atoms with E-state index in [2.05, 4.69) is 59.6 Å². The Balaban J connectivity index is 1.35. The van der Waals surface area contributed by atoms with Crippen LogP contribution in [0.4, 0.5) is 0 Å². The smallest absolute Gasteiger partial charge is 0.303 e. The molecule has 23 atom stereocenters. The zero-order chi connectivity index (χ0) is 84.6. The van der Waals surface area contributed by atoms with E-state index in [1.54, 1.807) is 0 Å². The van der Waals surface area contributed by atoms with Gasteiger partial charge in [-0.1, -0.05) is 75.7 Å². The fraction of sp³-hybridized carbons (Fsp3) is 0.850. The molecule has 4 fully saturated rings. The second-order valence-corrected chi connectivity index (χ2v) is 30.9. The number of hydrogen-bond acceptors (Lipinski definition) is 28. The molecule has 0 spiro atoms. The second kappa shape index (κ2) is 53.8. The average Bonchev–Trinajstić information content (AvgIpc) is 0.821. The summed E-state index contributed by atoms with van der Waals surface area (Å²) in [5.41, 5.74) is 6.41. The Kier molecular flexibility index (Phi) is 47.2. The number of nitrogens with two attached hydrogens (primary N) is 1. The SMILES string of the molecule is CC[C@H]1CC(OCCOCCNC(=O)CC[C@@H](NC(=O)CC[C@@H](N)C(=O)N[C@H](CCC(=O)CCCOCCOC2O[C@H](COC(C)=O)[C@H](OC(C)=O)[C@H](C)[C@H]2C)C(=O)NCCOCCOC2O[C@H](COC(C)=O)[C@H](C)[C@H](C)[C@H]2C)C(=O)CCCOCCOC2O[C@H](COC(C)=O)[C@H](C)[C@H](C)[C@H]2NC(C)=O)[C@H](NC(C)=O)[C@@H](C)[C@H]1C. The van der Waals surface area contributed by atoms with Gasteiger partial charge in [0.05, 0.1) is 109 Å². The highest BCUT2D eigenvalue weighted by Gasteiger charge is 2.47. The Morgan fingerprint density at radius 2 is 0.877 bits per heavy atom. The zero-order valence-electron chi connectivity index (χ0n) is 70.4. The quantitative estimate of drug-likeness (QED) is 0.0257. The van der Waals surface area contributed by atoms with Gasteiger partial charge >= 0.3 is 23.9 Å². The van der Waals surface area contributed by atoms with Crippen LogP contribution in [0.25, 0.3) is 0 Å². The van der Waals surface area contributed by atoms with Crippen LogP contribution in [0.1, 0.15) is 188 Å². The standard InChI is InChI=1S/C80H137N7O27/c1-17-61-42-67(73(84-55(11)88)50(6)47(61)3)104-38-34-102-32-28-82-71(96)27-25-64(66(95)21-19-31-101-36-41-107-80-74(85-56(12)89)51(7)49(5)69(113-80)44-109-58(14)91)86-72(97)26-23-63(81)76(98)87-65(77(99)83-29-33-103-37-40-105-78-53(9)46(2)48(4)68(112-78)43-108-57(13)90)24-22-62(94)20-18-30-100-35-39-106-79-54(10)52(8)75(111-60(16)93)70(114-79)45-110-59(15)92/h46-54,61,63-65,67-70,73-75,78-80H,17-45,81H2,1-16H3,(H,82,96)(H,83,99)(H,84,88)(H,85,89)(H,86,97)(H,87,98)/t46-,47+,48+,49+,50-,51-,52+,53+,54+,61-,63+,64+,65+,67?,68+,69+,70+,73+,74+,75+,78?,79?,80?/m0/s1. The van der Waals surface area contributed by atoms with Crippen LogP contribution < -0.4 is 37.6 Å². The molecule has 0 aromatic heterocycles. The van der Waals surface area contributed by atoms with Gasteiger partial charge in [0.25, 0.3) is 0 Å². The van der Waals surface area contributed by atoms with E-state index in [0.29, 0.717) is 18.3 Å². The topological polar surface area (TPSA) is 441 Å². The first kappa shape index (κ1) is 99.9. The lowest BCUT2D eigenvalue weighted by molar-refractivity contribution is -0.275. The predicted octanol–water partition coefficient (Wildman–Crippen LogP) is 4.02. The van der Waals surface area contributed by atoms with Crippen LogP contribution in [0.3, 0.4) is 0 Å². The summed E-state index contributed by atoms with van der Waals surface area (Å²) < 4.78 is 87.1. The molecule has 4 unspecified atom stereocenters. The van der Waals surface area contributed by atoms with Crippen LogP contribution in [0.5, 0.6) is 0 Å². The first-order valence-electron chi connectivity index (χ1n) is 40.9. The van der Waals surface area contributed by atoms with E-state index in [1.807, 2.05) is 41.5 Å². The van der Waals surface area contributed by atoms with Crippen molar-refractivity contribution >= 4 is 70.9 Å². The highest BCUT2D eigenvalue weighted by atomic mass is 16.7. The highest BCUT2D eigenvalue weighted by molar-refractivity contribution is 5.92. The largest absolute Gasteiger partial charge is 0.463 e. The van der Waals surface area contributed by atoms with Crippen LogP contribution in [-0.4, -0.2) is 263 Å². The summed E-state index contributed by atoms with van der Waals surface area (Å²) in [6.07, 6.45) is -3.34. The number of nitrogens with one attached hydrogen (secondary N) is 6. The summed E-state index contributed by atoms with van der Waals surface area (Å²) in [4.78, 5) is 153. The van der Waals surface area contributed by atoms with E-state index in [9.17, 15) is 57.5 Å². The molecule has 1 saturated carbocycles. The average molecular weight is 1630 g/mol. The summed E-state index contributed by atoms with van der Waals surface area (Å²) in [7, 11) is 0. The molecule has 0 bridgehead atoms. The van der Waals surface area contributed by atoms with Crippen LogP contribution in [0.15, 0.2) is 0 Å². The van der Waals surface area contributed by atoms with Crippen molar-refractivity contribution in [2.75, 3.05) is 112 Å². The van der Waals surface area contributed by atoms with Crippen molar-refractivity contribution in [2.45, 2.75) is 267 Å². The molecule has 8 N–H and O–H groups in total. The molecule has 0 radical (unpaired) electrons. The predicted molar refractivity (Wildman–Crippen MR) is 412 cm³/mol. The number of carbonyl (C=O) groups is 12. The maximum atomic E-state index is 14.0. The Morgan fingerprint density at radius 1 is 0.412 bits per heavy atom. The minimum atomic E-state index is -1.35. The molecule has 1 aliphatic carbocycles. The third kappa shape index (κ3) is 36.6. The van der Waals surface area contributed by atoms with Crippen molar-refractivity contribution in [3.8, 4) is 0 Å². The summed E-state index contributed by atoms with van der Waals surface area (Å²) >= 11 is 0. The van der Waals surface area contributed by atoms with Gasteiger partial charge in [0.1, 0.15) is 43.9 Å². The van der Waals surface area contributed by atoms with Crippen LogP contribution in [-0.2, 0) is 129 Å². The van der Waals surface area contributed by atoms with Gasteiger partial charge < -0.3 is 109 Å². The van der Waals surface area contributed by atoms with Crippen LogP contribution in [0.2, 0.25) is 0 Å². The summed E-state index contributed by atoms with van der Waals surface area (Å²) in [6.45, 7) is 30.3. The third-order valence-corrected chi connectivity index (χ3v) is 22.4. The van der Waals surface area contributed by atoms with Gasteiger partial charge in [-0.3, -0.25) is 57.5 Å². The molecule has 114 heavy (non-hydrogen) atoms. The molecule has 654 valence electrons. The maximum absolute atomic E-state index is 14.0. The Bertz CT molecular complexity index is 2970. The molecule has 0 aromatic carbocycles. The molecule has 3 aliphatic heterocycles. The van der Waals surface area contributed by atoms with Gasteiger partial charge in [-0.2, -0.15) is 0 Å².